The van der Waals surface area contributed by atoms with E-state index in [1.54, 1.807) is 30.6 Å². The molecule has 0 aliphatic rings. The Labute approximate surface area is 176 Å². The molecule has 3 aromatic rings. The van der Waals surface area contributed by atoms with Gasteiger partial charge in [0.05, 0.1) is 22.7 Å². The van der Waals surface area contributed by atoms with E-state index in [0.29, 0.717) is 29.1 Å². The smallest absolute Gasteiger partial charge is 0.315 e. The average Bonchev–Trinajstić information content (AvgIpc) is 3.14. The van der Waals surface area contributed by atoms with E-state index >= 15 is 0 Å². The number of nitrogens with one attached hydrogen (secondary N) is 2. The average molecular weight is 429 g/mol. The molecule has 29 heavy (non-hydrogen) atoms. The Kier molecular flexibility index (Phi) is 7.20. The van der Waals surface area contributed by atoms with Gasteiger partial charge in [-0.15, -0.1) is 0 Å². The van der Waals surface area contributed by atoms with Gasteiger partial charge in [0, 0.05) is 6.20 Å². The number of hydrogen-bond donors (Lipinski definition) is 2. The first-order chi connectivity index (χ1) is 14.0. The van der Waals surface area contributed by atoms with Crippen LogP contribution in [0.4, 0.5) is 10.8 Å². The quantitative estimate of drug-likeness (QED) is 0.545. The van der Waals surface area contributed by atoms with Gasteiger partial charge in [0.1, 0.15) is 10.8 Å². The lowest BCUT2D eigenvalue weighted by Gasteiger charge is -2.13. The molecular formula is C20H20N4O3S2. The summed E-state index contributed by atoms with van der Waals surface area (Å²) in [5.41, 5.74) is 0.443. The first kappa shape index (κ1) is 20.8. The standard InChI is InChI=1S/C20H20N4O3S2/c1-13(2)12-27-15-8-4-3-7-14(15)23-18(25)19(26)24-20-22-11-17(29-20)28-16-9-5-6-10-21-16/h3-11,13H,12H2,1-2H3,(H,23,25)(H,22,24,26). The number of nitrogens with zero attached hydrogens (tertiary/aromatic N) is 2. The number of carbonyl (C=O) groups excluding carboxylic acids is 2. The molecule has 0 unspecified atom stereocenters. The third kappa shape index (κ3) is 6.30. The van der Waals surface area contributed by atoms with E-state index < -0.39 is 11.8 Å². The minimum absolute atomic E-state index is 0.338. The van der Waals surface area contributed by atoms with Crippen molar-refractivity contribution < 1.29 is 14.3 Å². The molecule has 9 heteroatoms. The van der Waals surface area contributed by atoms with E-state index in [2.05, 4.69) is 20.6 Å². The highest BCUT2D eigenvalue weighted by Crippen LogP contribution is 2.32. The summed E-state index contributed by atoms with van der Waals surface area (Å²) >= 11 is 2.70. The summed E-state index contributed by atoms with van der Waals surface area (Å²) < 4.78 is 6.55. The van der Waals surface area contributed by atoms with Gasteiger partial charge in [-0.3, -0.25) is 14.9 Å². The van der Waals surface area contributed by atoms with Gasteiger partial charge in [-0.2, -0.15) is 0 Å². The van der Waals surface area contributed by atoms with Crippen LogP contribution in [0.15, 0.2) is 64.1 Å². The highest BCUT2D eigenvalue weighted by Gasteiger charge is 2.18. The van der Waals surface area contributed by atoms with Crippen molar-refractivity contribution in [1.82, 2.24) is 9.97 Å². The van der Waals surface area contributed by atoms with E-state index in [-0.39, 0.29) is 0 Å². The van der Waals surface area contributed by atoms with Gasteiger partial charge in [0.15, 0.2) is 5.13 Å². The second-order valence-corrected chi connectivity index (χ2v) is 8.72. The summed E-state index contributed by atoms with van der Waals surface area (Å²) in [6.45, 7) is 4.57. The molecule has 2 aromatic heterocycles. The maximum absolute atomic E-state index is 12.3. The van der Waals surface area contributed by atoms with E-state index in [4.69, 9.17) is 4.74 Å². The summed E-state index contributed by atoms with van der Waals surface area (Å²) in [5, 5.41) is 6.27. The van der Waals surface area contributed by atoms with Gasteiger partial charge < -0.3 is 10.1 Å². The molecule has 7 nitrogen and oxygen atoms in total. The fourth-order valence-corrected chi connectivity index (χ4v) is 3.94. The molecule has 1 aromatic carbocycles. The van der Waals surface area contributed by atoms with Gasteiger partial charge in [-0.25, -0.2) is 9.97 Å². The topological polar surface area (TPSA) is 93.2 Å². The minimum Gasteiger partial charge on any atom is -0.491 e. The van der Waals surface area contributed by atoms with Crippen LogP contribution in [0.5, 0.6) is 5.75 Å². The first-order valence-electron chi connectivity index (χ1n) is 8.90. The molecule has 2 heterocycles. The number of benzene rings is 1. The van der Waals surface area contributed by atoms with Crippen LogP contribution in [0.3, 0.4) is 0 Å². The summed E-state index contributed by atoms with van der Waals surface area (Å²) in [5.74, 6) is -0.733. The third-order valence-corrected chi connectivity index (χ3v) is 5.43. The third-order valence-electron chi connectivity index (χ3n) is 3.46. The molecule has 0 spiro atoms. The van der Waals surface area contributed by atoms with Crippen LogP contribution in [0.2, 0.25) is 0 Å². The normalized spacial score (nSPS) is 10.6. The molecule has 150 valence electrons. The molecule has 0 saturated carbocycles. The molecule has 0 aliphatic heterocycles. The summed E-state index contributed by atoms with van der Waals surface area (Å²) in [7, 11) is 0. The fraction of sp³-hybridized carbons (Fsp3) is 0.200. The van der Waals surface area contributed by atoms with Gasteiger partial charge in [0.2, 0.25) is 0 Å². The lowest BCUT2D eigenvalue weighted by molar-refractivity contribution is -0.133. The van der Waals surface area contributed by atoms with Crippen molar-refractivity contribution >= 4 is 45.7 Å². The number of thiazole rings is 1. The van der Waals surface area contributed by atoms with Crippen molar-refractivity contribution in [2.45, 2.75) is 23.1 Å². The maximum Gasteiger partial charge on any atom is 0.315 e. The number of para-hydroxylation sites is 2. The number of amides is 2. The SMILES string of the molecule is CC(C)COc1ccccc1NC(=O)C(=O)Nc1ncc(Sc2ccccn2)s1. The van der Waals surface area contributed by atoms with Crippen molar-refractivity contribution in [3.8, 4) is 5.75 Å². The number of hydrogen-bond acceptors (Lipinski definition) is 7. The number of rotatable bonds is 7. The summed E-state index contributed by atoms with van der Waals surface area (Å²) in [6, 6.07) is 12.6. The van der Waals surface area contributed by atoms with Crippen LogP contribution < -0.4 is 15.4 Å². The van der Waals surface area contributed by atoms with Crippen molar-refractivity contribution in [1.29, 1.82) is 0 Å². The first-order valence-corrected chi connectivity index (χ1v) is 10.5. The fourth-order valence-electron chi connectivity index (χ4n) is 2.16. The predicted octanol–water partition coefficient (Wildman–Crippen LogP) is 4.30. The zero-order chi connectivity index (χ0) is 20.6. The molecular weight excluding hydrogens is 408 g/mol. The zero-order valence-electron chi connectivity index (χ0n) is 15.9. The molecule has 0 fully saturated rings. The van der Waals surface area contributed by atoms with Crippen molar-refractivity contribution in [3.05, 3.63) is 54.9 Å². The summed E-state index contributed by atoms with van der Waals surface area (Å²) in [6.07, 6.45) is 3.34. The van der Waals surface area contributed by atoms with Crippen LogP contribution in [0, 0.1) is 5.92 Å². The Morgan fingerprint density at radius 3 is 2.59 bits per heavy atom. The molecule has 0 radical (unpaired) electrons. The molecule has 3 rings (SSSR count). The Hall–Kier alpha value is -2.91. The molecule has 0 bridgehead atoms. The lowest BCUT2D eigenvalue weighted by Crippen LogP contribution is -2.29. The molecule has 0 saturated heterocycles. The lowest BCUT2D eigenvalue weighted by atomic mass is 10.2. The number of anilines is 2. The molecule has 0 aliphatic carbocycles. The second kappa shape index (κ2) is 10.0. The zero-order valence-corrected chi connectivity index (χ0v) is 17.5. The monoisotopic (exact) mass is 428 g/mol. The number of carbonyl (C=O) groups is 2. The highest BCUT2D eigenvalue weighted by molar-refractivity contribution is 8.01. The van der Waals surface area contributed by atoms with Crippen LogP contribution in [0.25, 0.3) is 0 Å². The van der Waals surface area contributed by atoms with Crippen molar-refractivity contribution in [3.63, 3.8) is 0 Å². The Balaban J connectivity index is 1.58. The van der Waals surface area contributed by atoms with Gasteiger partial charge in [-0.1, -0.05) is 55.1 Å². The van der Waals surface area contributed by atoms with Crippen LogP contribution in [-0.2, 0) is 9.59 Å². The summed E-state index contributed by atoms with van der Waals surface area (Å²) in [4.78, 5) is 32.9. The van der Waals surface area contributed by atoms with Gasteiger partial charge in [-0.05, 0) is 30.2 Å². The van der Waals surface area contributed by atoms with Gasteiger partial charge in [0.25, 0.3) is 0 Å². The van der Waals surface area contributed by atoms with Crippen LogP contribution >= 0.6 is 23.1 Å². The number of aromatic nitrogens is 2. The highest BCUT2D eigenvalue weighted by atomic mass is 32.2. The Morgan fingerprint density at radius 2 is 1.83 bits per heavy atom. The van der Waals surface area contributed by atoms with E-state index in [0.717, 1.165) is 9.24 Å². The predicted molar refractivity (Wildman–Crippen MR) is 115 cm³/mol. The number of ether oxygens (including phenoxy) is 1. The maximum atomic E-state index is 12.3. The van der Waals surface area contributed by atoms with Crippen molar-refractivity contribution in [2.75, 3.05) is 17.2 Å². The Bertz CT molecular complexity index is 977. The molecule has 2 amide bonds. The minimum atomic E-state index is -0.799. The van der Waals surface area contributed by atoms with E-state index in [1.807, 2.05) is 38.1 Å². The largest absolute Gasteiger partial charge is 0.491 e. The molecule has 0 atom stereocenters. The molecule has 2 N–H and O–H groups in total. The van der Waals surface area contributed by atoms with Gasteiger partial charge >= 0.3 is 11.8 Å². The van der Waals surface area contributed by atoms with E-state index in [1.165, 1.54) is 23.1 Å². The van der Waals surface area contributed by atoms with Crippen LogP contribution in [-0.4, -0.2) is 28.4 Å². The van der Waals surface area contributed by atoms with E-state index in [9.17, 15) is 9.59 Å². The Morgan fingerprint density at radius 1 is 1.07 bits per heavy atom. The van der Waals surface area contributed by atoms with Crippen LogP contribution in [0.1, 0.15) is 13.8 Å². The van der Waals surface area contributed by atoms with Crippen molar-refractivity contribution in [2.24, 2.45) is 5.92 Å². The second-order valence-electron chi connectivity index (χ2n) is 6.36. The number of pyridine rings is 1.